The molecule has 0 unspecified atom stereocenters. The van der Waals surface area contributed by atoms with Gasteiger partial charge in [0.25, 0.3) is 11.8 Å². The Hall–Kier alpha value is -2.91. The number of carbonyl (C=O) groups is 2. The van der Waals surface area contributed by atoms with Crippen molar-refractivity contribution in [2.45, 2.75) is 30.6 Å². The molecule has 3 heterocycles. The maximum absolute atomic E-state index is 13.1. The maximum Gasteiger partial charge on any atom is 0.262 e. The number of amides is 2. The summed E-state index contributed by atoms with van der Waals surface area (Å²) in [5.74, 6) is 0.0527. The van der Waals surface area contributed by atoms with Gasteiger partial charge in [-0.1, -0.05) is 6.42 Å². The van der Waals surface area contributed by atoms with E-state index < -0.39 is 10.0 Å². The van der Waals surface area contributed by atoms with Crippen LogP contribution in [0.25, 0.3) is 0 Å². The predicted molar refractivity (Wildman–Crippen MR) is 115 cm³/mol. The molecular formula is C22H23N3O5S. The van der Waals surface area contributed by atoms with Gasteiger partial charge in [-0.05, 0) is 61.2 Å². The van der Waals surface area contributed by atoms with Gasteiger partial charge in [-0.25, -0.2) is 8.42 Å². The van der Waals surface area contributed by atoms with Crippen LogP contribution in [0.3, 0.4) is 0 Å². The normalized spacial score (nSPS) is 18.7. The Bertz CT molecular complexity index is 1170. The Labute approximate surface area is 180 Å². The van der Waals surface area contributed by atoms with Crippen LogP contribution in [-0.2, 0) is 21.2 Å². The lowest BCUT2D eigenvalue weighted by atomic mass is 10.1. The van der Waals surface area contributed by atoms with Gasteiger partial charge in [0.1, 0.15) is 5.75 Å². The van der Waals surface area contributed by atoms with E-state index in [0.717, 1.165) is 30.5 Å². The van der Waals surface area contributed by atoms with Crippen LogP contribution in [0.5, 0.6) is 5.75 Å². The molecule has 0 bridgehead atoms. The SMILES string of the molecule is O=C1COc2cc(C(=O)N3CCc4cc(S(=O)(=O)N5CCCCC5)ccc43)ccc2N1. The van der Waals surface area contributed by atoms with Crippen LogP contribution in [0.2, 0.25) is 0 Å². The smallest absolute Gasteiger partial charge is 0.262 e. The summed E-state index contributed by atoms with van der Waals surface area (Å²) in [6, 6.07) is 9.97. The van der Waals surface area contributed by atoms with Crippen molar-refractivity contribution >= 4 is 33.2 Å². The van der Waals surface area contributed by atoms with Crippen molar-refractivity contribution < 1.29 is 22.7 Å². The second kappa shape index (κ2) is 7.65. The molecule has 2 amide bonds. The number of ether oxygens (including phenoxy) is 1. The van der Waals surface area contributed by atoms with Crippen LogP contribution in [-0.4, -0.2) is 50.8 Å². The third kappa shape index (κ3) is 3.57. The van der Waals surface area contributed by atoms with Crippen molar-refractivity contribution in [3.05, 3.63) is 47.5 Å². The van der Waals surface area contributed by atoms with Crippen LogP contribution >= 0.6 is 0 Å². The molecule has 31 heavy (non-hydrogen) atoms. The molecular weight excluding hydrogens is 418 g/mol. The fourth-order valence-electron chi connectivity index (χ4n) is 4.37. The first-order valence-corrected chi connectivity index (χ1v) is 11.9. The van der Waals surface area contributed by atoms with Crippen LogP contribution in [0.4, 0.5) is 11.4 Å². The minimum Gasteiger partial charge on any atom is -0.482 e. The quantitative estimate of drug-likeness (QED) is 0.789. The molecule has 3 aliphatic heterocycles. The lowest BCUT2D eigenvalue weighted by Crippen LogP contribution is -2.35. The minimum atomic E-state index is -3.51. The number of sulfonamides is 1. The molecule has 0 spiro atoms. The second-order valence-corrected chi connectivity index (χ2v) is 9.95. The van der Waals surface area contributed by atoms with Gasteiger partial charge < -0.3 is 15.0 Å². The summed E-state index contributed by atoms with van der Waals surface area (Å²) in [7, 11) is -3.51. The number of hydrogen-bond donors (Lipinski definition) is 1. The van der Waals surface area contributed by atoms with Gasteiger partial charge in [0, 0.05) is 30.9 Å². The van der Waals surface area contributed by atoms with Crippen LogP contribution in [0, 0.1) is 0 Å². The molecule has 162 valence electrons. The van der Waals surface area contributed by atoms with E-state index in [0.29, 0.717) is 48.0 Å². The fraction of sp³-hybridized carbons (Fsp3) is 0.364. The average molecular weight is 442 g/mol. The summed E-state index contributed by atoms with van der Waals surface area (Å²) in [4.78, 5) is 26.5. The van der Waals surface area contributed by atoms with Crippen LogP contribution < -0.4 is 15.0 Å². The van der Waals surface area contributed by atoms with Gasteiger partial charge >= 0.3 is 0 Å². The molecule has 5 rings (SSSR count). The first-order chi connectivity index (χ1) is 14.9. The Balaban J connectivity index is 1.40. The monoisotopic (exact) mass is 441 g/mol. The highest BCUT2D eigenvalue weighted by atomic mass is 32.2. The third-order valence-corrected chi connectivity index (χ3v) is 7.90. The summed E-state index contributed by atoms with van der Waals surface area (Å²) < 4.78 is 32.9. The zero-order valence-electron chi connectivity index (χ0n) is 17.0. The summed E-state index contributed by atoms with van der Waals surface area (Å²) in [6.07, 6.45) is 3.44. The maximum atomic E-state index is 13.1. The molecule has 8 nitrogen and oxygen atoms in total. The minimum absolute atomic E-state index is 0.0779. The molecule has 2 aromatic carbocycles. The largest absolute Gasteiger partial charge is 0.482 e. The lowest BCUT2D eigenvalue weighted by Gasteiger charge is -2.26. The van der Waals surface area contributed by atoms with E-state index in [1.54, 1.807) is 45.6 Å². The number of rotatable bonds is 3. The highest BCUT2D eigenvalue weighted by Gasteiger charge is 2.31. The molecule has 1 N–H and O–H groups in total. The Morgan fingerprint density at radius 3 is 2.61 bits per heavy atom. The van der Waals surface area contributed by atoms with Crippen LogP contribution in [0.15, 0.2) is 41.3 Å². The number of piperidine rings is 1. The molecule has 0 saturated carbocycles. The molecule has 1 saturated heterocycles. The first-order valence-electron chi connectivity index (χ1n) is 10.5. The highest BCUT2D eigenvalue weighted by Crippen LogP contribution is 2.34. The zero-order chi connectivity index (χ0) is 21.6. The predicted octanol–water partition coefficient (Wildman–Crippen LogP) is 2.39. The van der Waals surface area contributed by atoms with Gasteiger partial charge in [-0.3, -0.25) is 9.59 Å². The number of nitrogens with one attached hydrogen (secondary N) is 1. The van der Waals surface area contributed by atoms with E-state index in [1.165, 1.54) is 0 Å². The summed E-state index contributed by atoms with van der Waals surface area (Å²) in [6.45, 7) is 1.53. The van der Waals surface area contributed by atoms with E-state index in [2.05, 4.69) is 5.32 Å². The summed E-state index contributed by atoms with van der Waals surface area (Å²) >= 11 is 0. The van der Waals surface area contributed by atoms with Gasteiger partial charge in [0.2, 0.25) is 10.0 Å². The molecule has 2 aromatic rings. The van der Waals surface area contributed by atoms with Crippen molar-refractivity contribution in [1.29, 1.82) is 0 Å². The molecule has 0 atom stereocenters. The molecule has 9 heteroatoms. The van der Waals surface area contributed by atoms with Gasteiger partial charge in [0.15, 0.2) is 6.61 Å². The Kier molecular flexibility index (Phi) is 4.94. The average Bonchev–Trinajstić information content (AvgIpc) is 3.22. The van der Waals surface area contributed by atoms with E-state index >= 15 is 0 Å². The number of anilines is 2. The second-order valence-electron chi connectivity index (χ2n) is 8.01. The van der Waals surface area contributed by atoms with Crippen LogP contribution in [0.1, 0.15) is 35.2 Å². The van der Waals surface area contributed by atoms with E-state index in [4.69, 9.17) is 4.74 Å². The van der Waals surface area contributed by atoms with E-state index in [-0.39, 0.29) is 18.4 Å². The molecule has 0 radical (unpaired) electrons. The van der Waals surface area contributed by atoms with Crippen molar-refractivity contribution in [2.75, 3.05) is 36.5 Å². The fourth-order valence-corrected chi connectivity index (χ4v) is 5.94. The summed E-state index contributed by atoms with van der Waals surface area (Å²) in [5, 5.41) is 2.71. The third-order valence-electron chi connectivity index (χ3n) is 6.01. The van der Waals surface area contributed by atoms with Crippen molar-refractivity contribution in [3.63, 3.8) is 0 Å². The summed E-state index contributed by atoms with van der Waals surface area (Å²) in [5.41, 5.74) is 2.58. The van der Waals surface area contributed by atoms with Crippen molar-refractivity contribution in [1.82, 2.24) is 4.31 Å². The molecule has 1 fully saturated rings. The Morgan fingerprint density at radius 2 is 1.81 bits per heavy atom. The molecule has 0 aromatic heterocycles. The standard InChI is InChI=1S/C22H23N3O5S/c26-21-14-30-20-13-16(4-6-18(20)23-21)22(27)25-11-8-15-12-17(5-7-19(15)25)31(28,29)24-9-2-1-3-10-24/h4-7,12-13H,1-3,8-11,14H2,(H,23,26). The topological polar surface area (TPSA) is 96.0 Å². The number of benzene rings is 2. The highest BCUT2D eigenvalue weighted by molar-refractivity contribution is 7.89. The number of nitrogens with zero attached hydrogens (tertiary/aromatic N) is 2. The molecule has 0 aliphatic carbocycles. The lowest BCUT2D eigenvalue weighted by molar-refractivity contribution is -0.118. The van der Waals surface area contributed by atoms with Crippen molar-refractivity contribution in [2.24, 2.45) is 0 Å². The number of hydrogen-bond acceptors (Lipinski definition) is 5. The van der Waals surface area contributed by atoms with Gasteiger partial charge in [0.05, 0.1) is 10.6 Å². The van der Waals surface area contributed by atoms with E-state index in [9.17, 15) is 18.0 Å². The van der Waals surface area contributed by atoms with Gasteiger partial charge in [-0.2, -0.15) is 4.31 Å². The van der Waals surface area contributed by atoms with Gasteiger partial charge in [-0.15, -0.1) is 0 Å². The number of carbonyl (C=O) groups excluding carboxylic acids is 2. The first kappa shape index (κ1) is 20.0. The van der Waals surface area contributed by atoms with Crippen molar-refractivity contribution in [3.8, 4) is 5.75 Å². The van der Waals surface area contributed by atoms with E-state index in [1.807, 2.05) is 0 Å². The Morgan fingerprint density at radius 1 is 1.00 bits per heavy atom. The zero-order valence-corrected chi connectivity index (χ0v) is 17.8. The molecule has 3 aliphatic rings. The number of fused-ring (bicyclic) bond motifs is 2.